The quantitative estimate of drug-likeness (QED) is 0.582. The maximum Gasteiger partial charge on any atom is 0.256 e. The Bertz CT molecular complexity index is 1220. The van der Waals surface area contributed by atoms with E-state index in [4.69, 9.17) is 4.74 Å². The lowest BCUT2D eigenvalue weighted by atomic mass is 10.1. The molecule has 1 N–H and O–H groups in total. The molecule has 0 saturated heterocycles. The minimum Gasteiger partial charge on any atom is -0.497 e. The number of ether oxygens (including phenoxy) is 1. The van der Waals surface area contributed by atoms with Gasteiger partial charge in [-0.1, -0.05) is 0 Å². The van der Waals surface area contributed by atoms with Crippen LogP contribution in [0.1, 0.15) is 10.4 Å². The van der Waals surface area contributed by atoms with Crippen molar-refractivity contribution >= 4 is 27.5 Å². The van der Waals surface area contributed by atoms with E-state index in [1.54, 1.807) is 25.3 Å². The first-order chi connectivity index (χ1) is 15.2. The van der Waals surface area contributed by atoms with Gasteiger partial charge in [0.05, 0.1) is 17.7 Å². The van der Waals surface area contributed by atoms with Crippen LogP contribution in [-0.2, 0) is 14.6 Å². The predicted molar refractivity (Wildman–Crippen MR) is 119 cm³/mol. The summed E-state index contributed by atoms with van der Waals surface area (Å²) in [6, 6.07) is 14.3. The van der Waals surface area contributed by atoms with E-state index in [9.17, 15) is 18.0 Å². The highest BCUT2D eigenvalue weighted by molar-refractivity contribution is 7.92. The van der Waals surface area contributed by atoms with Crippen LogP contribution >= 0.6 is 0 Å². The van der Waals surface area contributed by atoms with Gasteiger partial charge in [-0.3, -0.25) is 9.59 Å². The van der Waals surface area contributed by atoms with Gasteiger partial charge in [-0.25, -0.2) is 18.4 Å². The van der Waals surface area contributed by atoms with E-state index >= 15 is 0 Å². The van der Waals surface area contributed by atoms with E-state index in [2.05, 4.69) is 15.3 Å². The number of carbonyl (C=O) groups is 2. The average molecular weight is 455 g/mol. The van der Waals surface area contributed by atoms with Crippen LogP contribution < -0.4 is 10.1 Å². The van der Waals surface area contributed by atoms with Crippen LogP contribution in [-0.4, -0.2) is 62.1 Å². The van der Waals surface area contributed by atoms with Crippen molar-refractivity contribution in [1.29, 1.82) is 0 Å². The number of benzene rings is 2. The van der Waals surface area contributed by atoms with Crippen molar-refractivity contribution in [3.63, 3.8) is 0 Å². The van der Waals surface area contributed by atoms with E-state index in [0.29, 0.717) is 17.3 Å². The van der Waals surface area contributed by atoms with E-state index < -0.39 is 27.4 Å². The lowest BCUT2D eigenvalue weighted by Gasteiger charge is -2.11. The molecule has 3 rings (SSSR count). The normalized spacial score (nSPS) is 11.0. The molecule has 166 valence electrons. The summed E-state index contributed by atoms with van der Waals surface area (Å²) in [7, 11) is 0.751. The van der Waals surface area contributed by atoms with E-state index in [1.165, 1.54) is 49.6 Å². The van der Waals surface area contributed by atoms with Gasteiger partial charge in [-0.15, -0.1) is 0 Å². The molecule has 0 unspecified atom stereocenters. The highest BCUT2D eigenvalue weighted by atomic mass is 32.2. The highest BCUT2D eigenvalue weighted by Gasteiger charge is 2.21. The van der Waals surface area contributed by atoms with Crippen LogP contribution in [0.5, 0.6) is 5.75 Å². The third kappa shape index (κ3) is 5.46. The molecular formula is C22H22N4O5S. The fourth-order valence-electron chi connectivity index (χ4n) is 2.72. The predicted octanol–water partition coefficient (Wildman–Crippen LogP) is 2.27. The first kappa shape index (κ1) is 22.9. The third-order valence-electron chi connectivity index (χ3n) is 4.58. The number of nitrogens with zero attached hydrogens (tertiary/aromatic N) is 3. The number of nitrogens with one attached hydrogen (secondary N) is 1. The van der Waals surface area contributed by atoms with Crippen LogP contribution in [0.3, 0.4) is 0 Å². The lowest BCUT2D eigenvalue weighted by Crippen LogP contribution is -2.29. The first-order valence-electron chi connectivity index (χ1n) is 9.50. The summed E-state index contributed by atoms with van der Waals surface area (Å²) >= 11 is 0. The molecule has 2 aromatic carbocycles. The second-order valence-electron chi connectivity index (χ2n) is 7.04. The van der Waals surface area contributed by atoms with E-state index in [1.807, 2.05) is 12.1 Å². The second kappa shape index (κ2) is 9.56. The van der Waals surface area contributed by atoms with E-state index in [0.717, 1.165) is 5.56 Å². The molecule has 0 aliphatic heterocycles. The summed E-state index contributed by atoms with van der Waals surface area (Å²) in [6.45, 7) is 0. The molecule has 3 aromatic rings. The van der Waals surface area contributed by atoms with Gasteiger partial charge in [0, 0.05) is 31.3 Å². The maximum absolute atomic E-state index is 12.6. The maximum atomic E-state index is 12.6. The zero-order valence-corrected chi connectivity index (χ0v) is 18.6. The van der Waals surface area contributed by atoms with Gasteiger partial charge in [0.25, 0.3) is 5.91 Å². The van der Waals surface area contributed by atoms with Crippen LogP contribution in [0, 0.1) is 0 Å². The summed E-state index contributed by atoms with van der Waals surface area (Å²) in [5.74, 6) is -0.612. The Morgan fingerprint density at radius 3 is 2.25 bits per heavy atom. The molecule has 0 radical (unpaired) electrons. The van der Waals surface area contributed by atoms with Crippen LogP contribution in [0.2, 0.25) is 0 Å². The zero-order valence-electron chi connectivity index (χ0n) is 17.8. The van der Waals surface area contributed by atoms with Crippen LogP contribution in [0.4, 0.5) is 5.82 Å². The molecule has 1 heterocycles. The summed E-state index contributed by atoms with van der Waals surface area (Å²) in [5.41, 5.74) is 1.68. The number of amides is 2. The van der Waals surface area contributed by atoms with Gasteiger partial charge in [0.15, 0.2) is 9.84 Å². The Labute approximate surface area is 186 Å². The summed E-state index contributed by atoms with van der Waals surface area (Å²) in [4.78, 5) is 33.8. The first-order valence-corrected chi connectivity index (χ1v) is 11.2. The van der Waals surface area contributed by atoms with E-state index in [-0.39, 0.29) is 10.5 Å². The van der Waals surface area contributed by atoms with Crippen molar-refractivity contribution in [3.8, 4) is 17.0 Å². The van der Waals surface area contributed by atoms with Gasteiger partial charge in [-0.05, 0) is 48.5 Å². The number of aromatic nitrogens is 2. The van der Waals surface area contributed by atoms with Crippen LogP contribution in [0.25, 0.3) is 11.3 Å². The fourth-order valence-corrected chi connectivity index (χ4v) is 4.02. The number of carbonyl (C=O) groups excluding carboxylic acids is 2. The number of hydrogen-bond donors (Lipinski definition) is 1. The molecule has 0 atom stereocenters. The Morgan fingerprint density at radius 2 is 1.66 bits per heavy atom. The molecule has 10 heteroatoms. The number of methoxy groups -OCH3 is 1. The minimum absolute atomic E-state index is 0.0342. The molecule has 0 aliphatic carbocycles. The van der Waals surface area contributed by atoms with Crippen molar-refractivity contribution in [1.82, 2.24) is 14.9 Å². The van der Waals surface area contributed by atoms with Gasteiger partial charge in [0.1, 0.15) is 23.6 Å². The molecular weight excluding hydrogens is 432 g/mol. The van der Waals surface area contributed by atoms with Gasteiger partial charge in [0.2, 0.25) is 5.91 Å². The largest absolute Gasteiger partial charge is 0.497 e. The zero-order chi connectivity index (χ0) is 23.3. The summed E-state index contributed by atoms with van der Waals surface area (Å²) in [5, 5.41) is 2.67. The van der Waals surface area contributed by atoms with Gasteiger partial charge >= 0.3 is 0 Å². The van der Waals surface area contributed by atoms with Crippen molar-refractivity contribution in [2.24, 2.45) is 0 Å². The average Bonchev–Trinajstić information content (AvgIpc) is 2.79. The van der Waals surface area contributed by atoms with Gasteiger partial charge in [-0.2, -0.15) is 0 Å². The number of sulfone groups is 1. The molecule has 0 fully saturated rings. The molecule has 0 spiro atoms. The fraction of sp³-hybridized carbons (Fsp3) is 0.182. The molecule has 9 nitrogen and oxygen atoms in total. The van der Waals surface area contributed by atoms with Gasteiger partial charge < -0.3 is 15.0 Å². The summed E-state index contributed by atoms with van der Waals surface area (Å²) in [6.07, 6.45) is 1.34. The Morgan fingerprint density at radius 1 is 1.00 bits per heavy atom. The van der Waals surface area contributed by atoms with Crippen LogP contribution in [0.15, 0.2) is 65.8 Å². The molecule has 32 heavy (non-hydrogen) atoms. The van der Waals surface area contributed by atoms with Crippen molar-refractivity contribution in [2.45, 2.75) is 4.90 Å². The summed E-state index contributed by atoms with van der Waals surface area (Å²) < 4.78 is 29.9. The smallest absolute Gasteiger partial charge is 0.256 e. The lowest BCUT2D eigenvalue weighted by molar-refractivity contribution is -0.125. The Kier molecular flexibility index (Phi) is 6.84. The molecule has 1 aromatic heterocycles. The van der Waals surface area contributed by atoms with Crippen molar-refractivity contribution in [2.75, 3.05) is 32.3 Å². The second-order valence-corrected chi connectivity index (χ2v) is 9.03. The molecule has 2 amide bonds. The Hall–Kier alpha value is -3.79. The standard InChI is InChI=1S/C22H22N4O5S/c1-26(2)21(27)13-32(29,30)18-10-6-16(7-11-18)22(28)25-20-12-19(23-14-24-20)15-4-8-17(31-3)9-5-15/h4-12,14H,13H2,1-3H3,(H,23,24,25,28). The molecule has 0 saturated carbocycles. The minimum atomic E-state index is -3.80. The topological polar surface area (TPSA) is 119 Å². The monoisotopic (exact) mass is 454 g/mol. The number of hydrogen-bond acceptors (Lipinski definition) is 7. The SMILES string of the molecule is COc1ccc(-c2cc(NC(=O)c3ccc(S(=O)(=O)CC(=O)N(C)C)cc3)ncn2)cc1. The third-order valence-corrected chi connectivity index (χ3v) is 6.20. The van der Waals surface area contributed by atoms with Crippen molar-refractivity contribution in [3.05, 3.63) is 66.5 Å². The Balaban J connectivity index is 1.73. The van der Waals surface area contributed by atoms with Crippen molar-refractivity contribution < 1.29 is 22.7 Å². The molecule has 0 bridgehead atoms. The molecule has 0 aliphatic rings. The highest BCUT2D eigenvalue weighted by Crippen LogP contribution is 2.22. The number of rotatable bonds is 7. The number of anilines is 1.